The monoisotopic (exact) mass is 477 g/mol. The predicted molar refractivity (Wildman–Crippen MR) is 114 cm³/mol. The first kappa shape index (κ1) is 22.9. The fraction of sp³-hybridized carbons (Fsp3) is 0.368. The lowest BCUT2D eigenvalue weighted by Crippen LogP contribution is -2.31. The molecule has 1 aliphatic rings. The maximum atomic E-state index is 13.3. The first-order valence-corrected chi connectivity index (χ1v) is 10.9. The molecular weight excluding hydrogens is 459 g/mol. The molecule has 1 amide bonds. The zero-order chi connectivity index (χ0) is 21.7. The Labute approximate surface area is 186 Å². The molecular formula is C19H19Cl2F2N3O3S. The number of amides is 1. The SMILES string of the molecule is NCSCN(C(=O)c1ccc(OC(F)F)c(OCC2CC2)c1)c1c(Cl)cncc1Cl. The second kappa shape index (κ2) is 10.5. The van der Waals surface area contributed by atoms with Crippen molar-refractivity contribution in [1.29, 1.82) is 0 Å². The number of carbonyl (C=O) groups is 1. The molecule has 1 fully saturated rings. The molecule has 6 nitrogen and oxygen atoms in total. The quantitative estimate of drug-likeness (QED) is 0.483. The number of hydrogen-bond donors (Lipinski definition) is 1. The highest BCUT2D eigenvalue weighted by atomic mass is 35.5. The van der Waals surface area contributed by atoms with E-state index in [1.165, 1.54) is 47.3 Å². The molecule has 1 saturated carbocycles. The molecule has 0 radical (unpaired) electrons. The fourth-order valence-electron chi connectivity index (χ4n) is 2.63. The van der Waals surface area contributed by atoms with Crippen LogP contribution < -0.4 is 20.1 Å². The Bertz CT molecular complexity index is 883. The van der Waals surface area contributed by atoms with Gasteiger partial charge in [0.25, 0.3) is 5.91 Å². The van der Waals surface area contributed by atoms with Crippen molar-refractivity contribution in [3.8, 4) is 11.5 Å². The molecule has 2 N–H and O–H groups in total. The van der Waals surface area contributed by atoms with Gasteiger partial charge in [-0.1, -0.05) is 23.2 Å². The summed E-state index contributed by atoms with van der Waals surface area (Å²) in [4.78, 5) is 18.5. The summed E-state index contributed by atoms with van der Waals surface area (Å²) in [5.74, 6) is 0.311. The summed E-state index contributed by atoms with van der Waals surface area (Å²) in [5, 5.41) is 0.382. The van der Waals surface area contributed by atoms with E-state index in [2.05, 4.69) is 9.72 Å². The van der Waals surface area contributed by atoms with E-state index in [9.17, 15) is 13.6 Å². The summed E-state index contributed by atoms with van der Waals surface area (Å²) < 4.78 is 35.7. The van der Waals surface area contributed by atoms with E-state index in [4.69, 9.17) is 33.7 Å². The number of nitrogens with two attached hydrogens (primary N) is 1. The first-order valence-electron chi connectivity index (χ1n) is 9.01. The van der Waals surface area contributed by atoms with E-state index in [1.54, 1.807) is 0 Å². The van der Waals surface area contributed by atoms with Gasteiger partial charge in [0.2, 0.25) is 0 Å². The van der Waals surface area contributed by atoms with Gasteiger partial charge in [-0.3, -0.25) is 14.7 Å². The highest BCUT2D eigenvalue weighted by molar-refractivity contribution is 7.99. The van der Waals surface area contributed by atoms with Gasteiger partial charge in [-0.15, -0.1) is 11.8 Å². The number of hydrogen-bond acceptors (Lipinski definition) is 6. The molecule has 1 heterocycles. The lowest BCUT2D eigenvalue weighted by atomic mass is 10.1. The number of nitrogens with zero attached hydrogens (tertiary/aromatic N) is 2. The van der Waals surface area contributed by atoms with Crippen LogP contribution in [-0.2, 0) is 0 Å². The summed E-state index contributed by atoms with van der Waals surface area (Å²) in [6.45, 7) is -2.65. The summed E-state index contributed by atoms with van der Waals surface area (Å²) in [7, 11) is 0. The van der Waals surface area contributed by atoms with Gasteiger partial charge in [0.05, 0.1) is 28.2 Å². The fourth-order valence-corrected chi connectivity index (χ4v) is 3.73. The molecule has 11 heteroatoms. The Morgan fingerprint density at radius 1 is 1.27 bits per heavy atom. The highest BCUT2D eigenvalue weighted by Gasteiger charge is 2.26. The van der Waals surface area contributed by atoms with Crippen LogP contribution in [0.5, 0.6) is 11.5 Å². The molecule has 1 aromatic heterocycles. The number of ether oxygens (including phenoxy) is 2. The molecule has 0 bridgehead atoms. The van der Waals surface area contributed by atoms with Gasteiger partial charge in [-0.2, -0.15) is 8.78 Å². The Hall–Kier alpha value is -1.81. The van der Waals surface area contributed by atoms with Crippen molar-refractivity contribution in [2.75, 3.05) is 23.3 Å². The highest BCUT2D eigenvalue weighted by Crippen LogP contribution is 2.37. The van der Waals surface area contributed by atoms with Crippen LogP contribution in [0.2, 0.25) is 10.0 Å². The minimum absolute atomic E-state index is 0.0754. The van der Waals surface area contributed by atoms with Gasteiger partial charge < -0.3 is 15.2 Å². The van der Waals surface area contributed by atoms with E-state index in [0.29, 0.717) is 12.5 Å². The molecule has 1 aromatic carbocycles. The smallest absolute Gasteiger partial charge is 0.387 e. The largest absolute Gasteiger partial charge is 0.489 e. The minimum atomic E-state index is -3.01. The van der Waals surface area contributed by atoms with E-state index in [0.717, 1.165) is 12.8 Å². The lowest BCUT2D eigenvalue weighted by Gasteiger charge is -2.24. The third kappa shape index (κ3) is 5.87. The number of benzene rings is 1. The van der Waals surface area contributed by atoms with Crippen molar-refractivity contribution in [3.05, 3.63) is 46.2 Å². The molecule has 0 aliphatic heterocycles. The van der Waals surface area contributed by atoms with Gasteiger partial charge >= 0.3 is 6.61 Å². The van der Waals surface area contributed by atoms with E-state index in [-0.39, 0.29) is 44.5 Å². The Morgan fingerprint density at radius 2 is 1.97 bits per heavy atom. The van der Waals surface area contributed by atoms with Crippen molar-refractivity contribution in [1.82, 2.24) is 4.98 Å². The van der Waals surface area contributed by atoms with Crippen LogP contribution in [0, 0.1) is 5.92 Å². The predicted octanol–water partition coefficient (Wildman–Crippen LogP) is 5.03. The number of halogens is 4. The molecule has 0 spiro atoms. The van der Waals surface area contributed by atoms with Crippen LogP contribution in [0.4, 0.5) is 14.5 Å². The normalized spacial score (nSPS) is 13.4. The van der Waals surface area contributed by atoms with Gasteiger partial charge in [0.15, 0.2) is 11.5 Å². The van der Waals surface area contributed by atoms with Gasteiger partial charge in [-0.05, 0) is 37.0 Å². The average Bonchev–Trinajstić information content (AvgIpc) is 3.53. The Morgan fingerprint density at radius 3 is 2.57 bits per heavy atom. The zero-order valence-corrected chi connectivity index (χ0v) is 18.0. The molecule has 2 aromatic rings. The molecule has 0 saturated heterocycles. The molecule has 3 rings (SSSR count). The van der Waals surface area contributed by atoms with Gasteiger partial charge in [0.1, 0.15) is 0 Å². The molecule has 30 heavy (non-hydrogen) atoms. The molecule has 1 aliphatic carbocycles. The van der Waals surface area contributed by atoms with Crippen molar-refractivity contribution in [2.45, 2.75) is 19.5 Å². The number of carbonyl (C=O) groups excluding carboxylic acids is 1. The third-order valence-corrected chi connectivity index (χ3v) is 5.49. The summed E-state index contributed by atoms with van der Waals surface area (Å²) >= 11 is 13.7. The van der Waals surface area contributed by atoms with Crippen LogP contribution >= 0.6 is 35.0 Å². The number of thioether (sulfide) groups is 1. The third-order valence-electron chi connectivity index (χ3n) is 4.26. The topological polar surface area (TPSA) is 77.7 Å². The molecule has 162 valence electrons. The second-order valence-corrected chi connectivity index (χ2v) is 8.29. The van der Waals surface area contributed by atoms with Gasteiger partial charge in [-0.25, -0.2) is 0 Å². The summed E-state index contributed by atoms with van der Waals surface area (Å²) in [6, 6.07) is 4.05. The van der Waals surface area contributed by atoms with Crippen molar-refractivity contribution >= 4 is 46.6 Å². The summed E-state index contributed by atoms with van der Waals surface area (Å²) in [5.41, 5.74) is 6.06. The summed E-state index contributed by atoms with van der Waals surface area (Å²) in [6.07, 6.45) is 4.79. The van der Waals surface area contributed by atoms with E-state index < -0.39 is 12.5 Å². The minimum Gasteiger partial charge on any atom is -0.489 e. The maximum Gasteiger partial charge on any atom is 0.387 e. The average molecular weight is 478 g/mol. The van der Waals surface area contributed by atoms with Crippen molar-refractivity contribution in [3.63, 3.8) is 0 Å². The molecule has 0 unspecified atom stereocenters. The Balaban J connectivity index is 1.93. The maximum absolute atomic E-state index is 13.3. The zero-order valence-electron chi connectivity index (χ0n) is 15.7. The van der Waals surface area contributed by atoms with Crippen LogP contribution in [0.3, 0.4) is 0 Å². The number of anilines is 1. The van der Waals surface area contributed by atoms with Gasteiger partial charge in [0, 0.05) is 23.8 Å². The lowest BCUT2D eigenvalue weighted by molar-refractivity contribution is -0.0515. The number of aromatic nitrogens is 1. The van der Waals surface area contributed by atoms with Crippen LogP contribution in [-0.4, -0.2) is 35.9 Å². The van der Waals surface area contributed by atoms with Crippen LogP contribution in [0.15, 0.2) is 30.6 Å². The van der Waals surface area contributed by atoms with Crippen LogP contribution in [0.1, 0.15) is 23.2 Å². The van der Waals surface area contributed by atoms with Crippen LogP contribution in [0.25, 0.3) is 0 Å². The number of rotatable bonds is 10. The Kier molecular flexibility index (Phi) is 7.99. The van der Waals surface area contributed by atoms with Crippen molar-refractivity contribution in [2.24, 2.45) is 11.7 Å². The van der Waals surface area contributed by atoms with E-state index >= 15 is 0 Å². The standard InChI is InChI=1S/C19H19Cl2F2N3O3S/c20-13-6-25-7-14(21)17(13)26(10-30-9-24)18(27)12-3-4-15(29-19(22)23)16(5-12)28-8-11-1-2-11/h3-7,11,19H,1-2,8-10,24H2. The first-order chi connectivity index (χ1) is 14.4. The van der Waals surface area contributed by atoms with Crippen molar-refractivity contribution < 1.29 is 23.0 Å². The number of pyridine rings is 1. The van der Waals surface area contributed by atoms with E-state index in [1.807, 2.05) is 0 Å². The molecule has 0 atom stereocenters. The second-order valence-electron chi connectivity index (χ2n) is 6.48. The number of alkyl halides is 2.